The van der Waals surface area contributed by atoms with Crippen molar-refractivity contribution in [3.05, 3.63) is 83.6 Å². The van der Waals surface area contributed by atoms with Crippen LogP contribution in [-0.2, 0) is 0 Å². The number of ketones is 1. The molecule has 0 radical (unpaired) electrons. The molecule has 0 unspecified atom stereocenters. The number of hydrogen-bond donors (Lipinski definition) is 0. The third-order valence-electron chi connectivity index (χ3n) is 5.55. The Balaban J connectivity index is 1.41. The van der Waals surface area contributed by atoms with Gasteiger partial charge >= 0.3 is 0 Å². The van der Waals surface area contributed by atoms with Crippen molar-refractivity contribution in [3.8, 4) is 0 Å². The van der Waals surface area contributed by atoms with Crippen LogP contribution in [0, 0.1) is 0 Å². The van der Waals surface area contributed by atoms with Crippen LogP contribution in [0.1, 0.15) is 33.3 Å². The second-order valence-corrected chi connectivity index (χ2v) is 7.43. The molecule has 0 saturated carbocycles. The van der Waals surface area contributed by atoms with Crippen LogP contribution >= 0.6 is 0 Å². The van der Waals surface area contributed by atoms with Gasteiger partial charge in [0.15, 0.2) is 5.78 Å². The molecule has 1 aliphatic heterocycles. The smallest absolute Gasteiger partial charge is 0.253 e. The fraction of sp³-hybridized carbons (Fsp3) is 0.240. The lowest BCUT2D eigenvalue weighted by Crippen LogP contribution is -2.48. The first-order valence-corrected chi connectivity index (χ1v) is 10.3. The molecule has 2 aromatic carbocycles. The molecule has 30 heavy (non-hydrogen) atoms. The lowest BCUT2D eigenvalue weighted by atomic mass is 10.1. The van der Waals surface area contributed by atoms with E-state index in [0.717, 1.165) is 49.3 Å². The number of nitrogens with zero attached hydrogens (tertiary/aromatic N) is 3. The summed E-state index contributed by atoms with van der Waals surface area (Å²) in [7, 11) is 0. The standard InChI is InChI=1S/C25H25N3O2/c1-2-27-15-17-28(18-16-27)25(30)21-9-7-20(8-10-21)24(29)14-13-22-12-11-19-5-3-4-6-23(19)26-22/h3-14H,2,15-18H2,1H3. The van der Waals surface area contributed by atoms with Crippen LogP contribution in [0.25, 0.3) is 17.0 Å². The van der Waals surface area contributed by atoms with E-state index in [2.05, 4.69) is 16.8 Å². The Hall–Kier alpha value is -3.31. The number of fused-ring (bicyclic) bond motifs is 1. The zero-order valence-electron chi connectivity index (χ0n) is 17.1. The van der Waals surface area contributed by atoms with E-state index < -0.39 is 0 Å². The first-order valence-electron chi connectivity index (χ1n) is 10.3. The van der Waals surface area contributed by atoms with Crippen molar-refractivity contribution in [2.24, 2.45) is 0 Å². The number of piperazine rings is 1. The zero-order valence-corrected chi connectivity index (χ0v) is 17.1. The second kappa shape index (κ2) is 9.01. The molecule has 2 heterocycles. The van der Waals surface area contributed by atoms with Gasteiger partial charge in [0.25, 0.3) is 5.91 Å². The number of aromatic nitrogens is 1. The van der Waals surface area contributed by atoms with Gasteiger partial charge in [0.1, 0.15) is 0 Å². The van der Waals surface area contributed by atoms with Crippen LogP contribution in [0.2, 0.25) is 0 Å². The van der Waals surface area contributed by atoms with E-state index in [0.29, 0.717) is 11.1 Å². The van der Waals surface area contributed by atoms with Crippen LogP contribution < -0.4 is 0 Å². The molecule has 1 aromatic heterocycles. The molecule has 1 amide bonds. The van der Waals surface area contributed by atoms with Crippen molar-refractivity contribution in [2.75, 3.05) is 32.7 Å². The van der Waals surface area contributed by atoms with E-state index in [1.807, 2.05) is 41.3 Å². The molecule has 1 aliphatic rings. The summed E-state index contributed by atoms with van der Waals surface area (Å²) in [6, 6.07) is 18.7. The summed E-state index contributed by atoms with van der Waals surface area (Å²) in [5, 5.41) is 1.07. The fourth-order valence-corrected chi connectivity index (χ4v) is 3.66. The van der Waals surface area contributed by atoms with Crippen LogP contribution in [0.15, 0.2) is 66.7 Å². The predicted molar refractivity (Wildman–Crippen MR) is 120 cm³/mol. The van der Waals surface area contributed by atoms with Gasteiger partial charge in [0.05, 0.1) is 11.2 Å². The average Bonchev–Trinajstić information content (AvgIpc) is 2.82. The van der Waals surface area contributed by atoms with Crippen molar-refractivity contribution in [2.45, 2.75) is 6.92 Å². The number of para-hydroxylation sites is 1. The number of amides is 1. The molecule has 3 aromatic rings. The third kappa shape index (κ3) is 4.47. The maximum Gasteiger partial charge on any atom is 0.253 e. The first kappa shape index (κ1) is 20.0. The maximum absolute atomic E-state index is 12.7. The minimum absolute atomic E-state index is 0.0284. The summed E-state index contributed by atoms with van der Waals surface area (Å²) in [5.41, 5.74) is 2.81. The lowest BCUT2D eigenvalue weighted by molar-refractivity contribution is 0.0643. The average molecular weight is 399 g/mol. The van der Waals surface area contributed by atoms with Crippen LogP contribution in [0.3, 0.4) is 0 Å². The van der Waals surface area contributed by atoms with Crippen molar-refractivity contribution >= 4 is 28.7 Å². The first-order chi connectivity index (χ1) is 14.6. The van der Waals surface area contributed by atoms with Gasteiger partial charge in [0, 0.05) is 42.7 Å². The number of likely N-dealkylation sites (N-methyl/N-ethyl adjacent to an activating group) is 1. The Labute approximate surface area is 176 Å². The number of allylic oxidation sites excluding steroid dienone is 1. The molecule has 5 nitrogen and oxygen atoms in total. The van der Waals surface area contributed by atoms with Crippen molar-refractivity contribution < 1.29 is 9.59 Å². The molecule has 0 bridgehead atoms. The number of carbonyl (C=O) groups excluding carboxylic acids is 2. The number of pyridine rings is 1. The molecule has 0 aliphatic carbocycles. The van der Waals surface area contributed by atoms with Gasteiger partial charge in [0.2, 0.25) is 0 Å². The van der Waals surface area contributed by atoms with Crippen molar-refractivity contribution in [1.29, 1.82) is 0 Å². The van der Waals surface area contributed by atoms with Crippen LogP contribution in [-0.4, -0.2) is 59.2 Å². The Bertz CT molecular complexity index is 1080. The predicted octanol–water partition coefficient (Wildman–Crippen LogP) is 3.91. The van der Waals surface area contributed by atoms with Crippen molar-refractivity contribution in [3.63, 3.8) is 0 Å². The highest BCUT2D eigenvalue weighted by Gasteiger charge is 2.21. The molecule has 5 heteroatoms. The van der Waals surface area contributed by atoms with Crippen LogP contribution in [0.5, 0.6) is 0 Å². The highest BCUT2D eigenvalue weighted by atomic mass is 16.2. The quantitative estimate of drug-likeness (QED) is 0.482. The van der Waals surface area contributed by atoms with E-state index >= 15 is 0 Å². The van der Waals surface area contributed by atoms with Gasteiger partial charge in [-0.15, -0.1) is 0 Å². The third-order valence-corrected chi connectivity index (χ3v) is 5.55. The number of carbonyl (C=O) groups is 2. The van der Waals surface area contributed by atoms with Crippen molar-refractivity contribution in [1.82, 2.24) is 14.8 Å². The molecule has 1 saturated heterocycles. The lowest BCUT2D eigenvalue weighted by Gasteiger charge is -2.34. The Morgan fingerprint density at radius 1 is 0.900 bits per heavy atom. The van der Waals surface area contributed by atoms with Gasteiger partial charge in [-0.1, -0.05) is 43.3 Å². The van der Waals surface area contributed by atoms with Gasteiger partial charge in [-0.05, 0) is 43.0 Å². The fourth-order valence-electron chi connectivity index (χ4n) is 3.66. The van der Waals surface area contributed by atoms with E-state index in [-0.39, 0.29) is 11.7 Å². The summed E-state index contributed by atoms with van der Waals surface area (Å²) >= 11 is 0. The van der Waals surface area contributed by atoms with Gasteiger partial charge in [-0.3, -0.25) is 9.59 Å². The number of hydrogen-bond acceptors (Lipinski definition) is 4. The SMILES string of the molecule is CCN1CCN(C(=O)c2ccc(C(=O)C=Cc3ccc4ccccc4n3)cc2)CC1. The highest BCUT2D eigenvalue weighted by molar-refractivity contribution is 6.07. The molecule has 1 fully saturated rings. The topological polar surface area (TPSA) is 53.5 Å². The summed E-state index contributed by atoms with van der Waals surface area (Å²) in [6.45, 7) is 6.46. The molecular formula is C25H25N3O2. The minimum atomic E-state index is -0.111. The molecular weight excluding hydrogens is 374 g/mol. The molecule has 4 rings (SSSR count). The maximum atomic E-state index is 12.7. The second-order valence-electron chi connectivity index (χ2n) is 7.43. The number of rotatable bonds is 5. The van der Waals surface area contributed by atoms with E-state index in [1.165, 1.54) is 6.08 Å². The minimum Gasteiger partial charge on any atom is -0.336 e. The summed E-state index contributed by atoms with van der Waals surface area (Å²) < 4.78 is 0. The summed E-state index contributed by atoms with van der Waals surface area (Å²) in [5.74, 6) is -0.0822. The zero-order chi connectivity index (χ0) is 20.9. The van der Waals surface area contributed by atoms with Gasteiger partial charge < -0.3 is 9.80 Å². The van der Waals surface area contributed by atoms with Gasteiger partial charge in [-0.25, -0.2) is 4.98 Å². The molecule has 152 valence electrons. The van der Waals surface area contributed by atoms with E-state index in [4.69, 9.17) is 0 Å². The monoisotopic (exact) mass is 399 g/mol. The molecule has 0 spiro atoms. The Kier molecular flexibility index (Phi) is 6.00. The normalized spacial score (nSPS) is 15.0. The Morgan fingerprint density at radius 2 is 1.60 bits per heavy atom. The Morgan fingerprint density at radius 3 is 2.33 bits per heavy atom. The largest absolute Gasteiger partial charge is 0.336 e. The van der Waals surface area contributed by atoms with E-state index in [9.17, 15) is 9.59 Å². The molecule has 0 N–H and O–H groups in total. The number of benzene rings is 2. The molecule has 0 atom stereocenters. The summed E-state index contributed by atoms with van der Waals surface area (Å²) in [4.78, 5) is 34.0. The van der Waals surface area contributed by atoms with Crippen LogP contribution in [0.4, 0.5) is 0 Å². The highest BCUT2D eigenvalue weighted by Crippen LogP contribution is 2.14. The van der Waals surface area contributed by atoms with E-state index in [1.54, 1.807) is 30.3 Å². The van der Waals surface area contributed by atoms with Gasteiger partial charge in [-0.2, -0.15) is 0 Å². The summed E-state index contributed by atoms with van der Waals surface area (Å²) in [6.07, 6.45) is 3.25.